The fourth-order valence-corrected chi connectivity index (χ4v) is 3.17. The van der Waals surface area contributed by atoms with E-state index in [9.17, 15) is 9.59 Å². The summed E-state index contributed by atoms with van der Waals surface area (Å²) in [5.74, 6) is 0.856. The minimum absolute atomic E-state index is 0.0640. The molecule has 1 aromatic rings. The van der Waals surface area contributed by atoms with Crippen LogP contribution in [-0.2, 0) is 4.79 Å². The number of furan rings is 1. The van der Waals surface area contributed by atoms with Gasteiger partial charge in [0.15, 0.2) is 5.76 Å². The SMILES string of the molecule is O=C(C[C@@H]1C=CCC1)NC1CCN(C(=O)c2ccco2)CC1. The van der Waals surface area contributed by atoms with E-state index in [1.54, 1.807) is 17.0 Å². The van der Waals surface area contributed by atoms with Gasteiger partial charge in [-0.25, -0.2) is 0 Å². The number of nitrogens with one attached hydrogen (secondary N) is 1. The quantitative estimate of drug-likeness (QED) is 0.868. The number of hydrogen-bond acceptors (Lipinski definition) is 3. The number of carbonyl (C=O) groups excluding carboxylic acids is 2. The molecule has 5 nitrogen and oxygen atoms in total. The Bertz CT molecular complexity index is 542. The average molecular weight is 302 g/mol. The normalized spacial score (nSPS) is 22.0. The molecule has 0 aromatic carbocycles. The minimum Gasteiger partial charge on any atom is -0.459 e. The molecule has 2 heterocycles. The van der Waals surface area contributed by atoms with Crippen molar-refractivity contribution in [3.8, 4) is 0 Å². The average Bonchev–Trinajstić information content (AvgIpc) is 3.20. The van der Waals surface area contributed by atoms with Crippen molar-refractivity contribution in [2.45, 2.75) is 38.1 Å². The molecular formula is C17H22N2O3. The summed E-state index contributed by atoms with van der Waals surface area (Å²) in [7, 11) is 0. The summed E-state index contributed by atoms with van der Waals surface area (Å²) in [4.78, 5) is 26.0. The van der Waals surface area contributed by atoms with Crippen LogP contribution >= 0.6 is 0 Å². The molecule has 1 saturated heterocycles. The van der Waals surface area contributed by atoms with Gasteiger partial charge in [-0.05, 0) is 43.7 Å². The lowest BCUT2D eigenvalue weighted by Crippen LogP contribution is -2.46. The highest BCUT2D eigenvalue weighted by Crippen LogP contribution is 2.21. The maximum Gasteiger partial charge on any atom is 0.289 e. The molecular weight excluding hydrogens is 280 g/mol. The van der Waals surface area contributed by atoms with Crippen molar-refractivity contribution in [2.75, 3.05) is 13.1 Å². The number of allylic oxidation sites excluding steroid dienone is 2. The molecule has 118 valence electrons. The van der Waals surface area contributed by atoms with Crippen LogP contribution in [0.4, 0.5) is 0 Å². The van der Waals surface area contributed by atoms with E-state index in [1.807, 2.05) is 0 Å². The Kier molecular flexibility index (Phi) is 4.61. The van der Waals surface area contributed by atoms with Gasteiger partial charge in [-0.2, -0.15) is 0 Å². The van der Waals surface area contributed by atoms with E-state index >= 15 is 0 Å². The summed E-state index contributed by atoms with van der Waals surface area (Å²) in [6, 6.07) is 3.58. The van der Waals surface area contributed by atoms with Gasteiger partial charge in [-0.1, -0.05) is 12.2 Å². The Morgan fingerprint density at radius 1 is 1.27 bits per heavy atom. The van der Waals surface area contributed by atoms with Gasteiger partial charge in [-0.15, -0.1) is 0 Å². The molecule has 2 aliphatic rings. The standard InChI is InChI=1S/C17H22N2O3/c20-16(12-13-4-1-2-5-13)18-14-7-9-19(10-8-14)17(21)15-6-3-11-22-15/h1,3-4,6,11,13-14H,2,5,7-10,12H2,(H,18,20)/t13-/m1/s1. The van der Waals surface area contributed by atoms with Crippen LogP contribution in [0.2, 0.25) is 0 Å². The monoisotopic (exact) mass is 302 g/mol. The summed E-state index contributed by atoms with van der Waals surface area (Å²) >= 11 is 0. The maximum absolute atomic E-state index is 12.2. The highest BCUT2D eigenvalue weighted by Gasteiger charge is 2.26. The molecule has 22 heavy (non-hydrogen) atoms. The Hall–Kier alpha value is -2.04. The molecule has 2 amide bonds. The Balaban J connectivity index is 1.42. The first kappa shape index (κ1) is 14.9. The van der Waals surface area contributed by atoms with Crippen LogP contribution in [0.25, 0.3) is 0 Å². The molecule has 1 aliphatic heterocycles. The molecule has 1 aliphatic carbocycles. The van der Waals surface area contributed by atoms with Gasteiger partial charge in [0.25, 0.3) is 5.91 Å². The van der Waals surface area contributed by atoms with Crippen LogP contribution in [0.5, 0.6) is 0 Å². The Morgan fingerprint density at radius 2 is 2.09 bits per heavy atom. The van der Waals surface area contributed by atoms with E-state index in [-0.39, 0.29) is 17.9 Å². The zero-order valence-electron chi connectivity index (χ0n) is 12.7. The molecule has 5 heteroatoms. The van der Waals surface area contributed by atoms with E-state index < -0.39 is 0 Å². The third kappa shape index (κ3) is 3.59. The topological polar surface area (TPSA) is 62.6 Å². The molecule has 0 unspecified atom stereocenters. The van der Waals surface area contributed by atoms with Gasteiger partial charge >= 0.3 is 0 Å². The van der Waals surface area contributed by atoms with Crippen molar-refractivity contribution in [1.82, 2.24) is 10.2 Å². The molecule has 0 radical (unpaired) electrons. The molecule has 1 N–H and O–H groups in total. The van der Waals surface area contributed by atoms with Crippen LogP contribution < -0.4 is 5.32 Å². The van der Waals surface area contributed by atoms with Gasteiger partial charge in [-0.3, -0.25) is 9.59 Å². The second-order valence-electron chi connectivity index (χ2n) is 6.08. The Labute approximate surface area is 130 Å². The number of carbonyl (C=O) groups is 2. The van der Waals surface area contributed by atoms with E-state index in [0.29, 0.717) is 31.2 Å². The van der Waals surface area contributed by atoms with E-state index in [0.717, 1.165) is 25.7 Å². The fourth-order valence-electron chi connectivity index (χ4n) is 3.17. The summed E-state index contributed by atoms with van der Waals surface area (Å²) in [6.07, 6.45) is 10.2. The first-order chi connectivity index (χ1) is 10.7. The van der Waals surface area contributed by atoms with Crippen molar-refractivity contribution >= 4 is 11.8 Å². The molecule has 1 aromatic heterocycles. The van der Waals surface area contributed by atoms with Gasteiger partial charge < -0.3 is 14.6 Å². The number of amides is 2. The summed E-state index contributed by atoms with van der Waals surface area (Å²) in [5.41, 5.74) is 0. The van der Waals surface area contributed by atoms with E-state index in [2.05, 4.69) is 17.5 Å². The van der Waals surface area contributed by atoms with Crippen LogP contribution in [-0.4, -0.2) is 35.8 Å². The summed E-state index contributed by atoms with van der Waals surface area (Å²) in [5, 5.41) is 3.11. The fraction of sp³-hybridized carbons (Fsp3) is 0.529. The number of rotatable bonds is 4. The second-order valence-corrected chi connectivity index (χ2v) is 6.08. The molecule has 0 bridgehead atoms. The minimum atomic E-state index is -0.0640. The van der Waals surface area contributed by atoms with Crippen molar-refractivity contribution in [2.24, 2.45) is 5.92 Å². The van der Waals surface area contributed by atoms with Gasteiger partial charge in [0.2, 0.25) is 5.91 Å². The third-order valence-corrected chi connectivity index (χ3v) is 4.44. The lowest BCUT2D eigenvalue weighted by atomic mass is 10.0. The zero-order chi connectivity index (χ0) is 15.4. The van der Waals surface area contributed by atoms with Gasteiger partial charge in [0, 0.05) is 25.6 Å². The number of piperidine rings is 1. The number of nitrogens with zero attached hydrogens (tertiary/aromatic N) is 1. The zero-order valence-corrected chi connectivity index (χ0v) is 12.7. The van der Waals surface area contributed by atoms with Crippen molar-refractivity contribution in [3.05, 3.63) is 36.3 Å². The molecule has 0 saturated carbocycles. The van der Waals surface area contributed by atoms with E-state index in [4.69, 9.17) is 4.42 Å². The number of likely N-dealkylation sites (tertiary alicyclic amines) is 1. The molecule has 3 rings (SSSR count). The molecule has 0 spiro atoms. The van der Waals surface area contributed by atoms with Crippen molar-refractivity contribution in [1.29, 1.82) is 0 Å². The van der Waals surface area contributed by atoms with Crippen molar-refractivity contribution in [3.63, 3.8) is 0 Å². The first-order valence-corrected chi connectivity index (χ1v) is 8.01. The first-order valence-electron chi connectivity index (χ1n) is 8.01. The van der Waals surface area contributed by atoms with Gasteiger partial charge in [0.05, 0.1) is 6.26 Å². The van der Waals surface area contributed by atoms with Crippen molar-refractivity contribution < 1.29 is 14.0 Å². The van der Waals surface area contributed by atoms with Crippen LogP contribution in [0, 0.1) is 5.92 Å². The number of hydrogen-bond donors (Lipinski definition) is 1. The highest BCUT2D eigenvalue weighted by atomic mass is 16.3. The predicted molar refractivity (Wildman–Crippen MR) is 82.3 cm³/mol. The van der Waals surface area contributed by atoms with Crippen LogP contribution in [0.3, 0.4) is 0 Å². The summed E-state index contributed by atoms with van der Waals surface area (Å²) < 4.78 is 5.15. The second kappa shape index (κ2) is 6.81. The smallest absolute Gasteiger partial charge is 0.289 e. The largest absolute Gasteiger partial charge is 0.459 e. The predicted octanol–water partition coefficient (Wildman–Crippen LogP) is 2.36. The third-order valence-electron chi connectivity index (χ3n) is 4.44. The maximum atomic E-state index is 12.2. The molecule has 1 atom stereocenters. The van der Waals surface area contributed by atoms with Crippen LogP contribution in [0.1, 0.15) is 42.7 Å². The molecule has 1 fully saturated rings. The Morgan fingerprint density at radius 3 is 2.73 bits per heavy atom. The van der Waals surface area contributed by atoms with E-state index in [1.165, 1.54) is 6.26 Å². The lowest BCUT2D eigenvalue weighted by molar-refractivity contribution is -0.122. The van der Waals surface area contributed by atoms with Crippen LogP contribution in [0.15, 0.2) is 35.0 Å². The highest BCUT2D eigenvalue weighted by molar-refractivity contribution is 5.91. The van der Waals surface area contributed by atoms with Gasteiger partial charge in [0.1, 0.15) is 0 Å². The lowest BCUT2D eigenvalue weighted by Gasteiger charge is -2.32. The summed E-state index contributed by atoms with van der Waals surface area (Å²) in [6.45, 7) is 1.32.